The lowest BCUT2D eigenvalue weighted by molar-refractivity contribution is 0.428. The summed E-state index contributed by atoms with van der Waals surface area (Å²) in [7, 11) is 0. The van der Waals surface area contributed by atoms with Crippen molar-refractivity contribution in [1.29, 1.82) is 0 Å². The minimum absolute atomic E-state index is 0.126. The maximum atomic E-state index is 4.39. The summed E-state index contributed by atoms with van der Waals surface area (Å²) in [4.78, 5) is 0. The van der Waals surface area contributed by atoms with Gasteiger partial charge in [0.1, 0.15) is 0 Å². The second-order valence-corrected chi connectivity index (χ2v) is 11.6. The quantitative estimate of drug-likeness (QED) is 0.181. The molecule has 1 heteroatoms. The third kappa shape index (κ3) is 26.3. The predicted molar refractivity (Wildman–Crippen MR) is 201 cm³/mol. The van der Waals surface area contributed by atoms with Crippen molar-refractivity contribution in [1.82, 2.24) is 5.32 Å². The Balaban J connectivity index is -0.000000642. The second-order valence-electron chi connectivity index (χ2n) is 11.6. The molecule has 2 aromatic rings. The first-order chi connectivity index (χ1) is 20.5. The topological polar surface area (TPSA) is 12.0 Å². The van der Waals surface area contributed by atoms with E-state index in [9.17, 15) is 0 Å². The Labute approximate surface area is 270 Å². The summed E-state index contributed by atoms with van der Waals surface area (Å²) in [6.07, 6.45) is 17.4. The Hall–Kier alpha value is -3.06. The predicted octanol–water partition coefficient (Wildman–Crippen LogP) is 13.4. The molecule has 0 amide bonds. The van der Waals surface area contributed by atoms with Crippen LogP contribution in [-0.2, 0) is 12.8 Å². The largest absolute Gasteiger partial charge is 0.368 e. The molecule has 0 bridgehead atoms. The molecule has 0 saturated carbocycles. The van der Waals surface area contributed by atoms with E-state index in [2.05, 4.69) is 134 Å². The van der Waals surface area contributed by atoms with Crippen LogP contribution in [0.1, 0.15) is 118 Å². The first-order valence-corrected chi connectivity index (χ1v) is 16.5. The van der Waals surface area contributed by atoms with E-state index in [1.54, 1.807) is 18.4 Å². The van der Waals surface area contributed by atoms with Crippen LogP contribution in [0.4, 0.5) is 0 Å². The Bertz CT molecular complexity index is 948. The molecule has 2 rings (SSSR count). The van der Waals surface area contributed by atoms with Gasteiger partial charge in [-0.05, 0) is 88.7 Å². The van der Waals surface area contributed by atoms with Crippen molar-refractivity contribution in [2.75, 3.05) is 0 Å². The van der Waals surface area contributed by atoms with E-state index in [4.69, 9.17) is 0 Å². The molecule has 1 N–H and O–H groups in total. The van der Waals surface area contributed by atoms with E-state index in [1.807, 2.05) is 27.7 Å². The summed E-state index contributed by atoms with van der Waals surface area (Å²) in [5.41, 5.74) is 7.02. The highest BCUT2D eigenvalue weighted by Gasteiger charge is 2.24. The van der Waals surface area contributed by atoms with E-state index in [0.29, 0.717) is 5.92 Å². The van der Waals surface area contributed by atoms with E-state index < -0.39 is 0 Å². The van der Waals surface area contributed by atoms with Gasteiger partial charge in [0.15, 0.2) is 0 Å². The molecular weight excluding hydrogens is 518 g/mol. The van der Waals surface area contributed by atoms with Gasteiger partial charge in [0.25, 0.3) is 0 Å². The molecule has 242 valence electrons. The third-order valence-corrected chi connectivity index (χ3v) is 6.60. The molecule has 0 saturated heterocycles. The number of allylic oxidation sites excluding steroid dienone is 4. The molecule has 0 heterocycles. The Morgan fingerprint density at radius 3 is 1.74 bits per heavy atom. The molecule has 1 nitrogen and oxygen atoms in total. The molecule has 1 unspecified atom stereocenters. The summed E-state index contributed by atoms with van der Waals surface area (Å²) >= 11 is 0. The maximum Gasteiger partial charge on any atom is 0.00242 e. The number of benzene rings is 2. The van der Waals surface area contributed by atoms with Gasteiger partial charge in [0.2, 0.25) is 0 Å². The zero-order chi connectivity index (χ0) is 33.5. The summed E-state index contributed by atoms with van der Waals surface area (Å²) in [6.45, 7) is 35.9. The fraction of sp³-hybridized carbons (Fsp3) is 0.476. The first-order valence-electron chi connectivity index (χ1n) is 16.5. The Morgan fingerprint density at radius 2 is 1.28 bits per heavy atom. The molecule has 43 heavy (non-hydrogen) atoms. The number of aryl methyl sites for hydroxylation is 3. The first kappa shape index (κ1) is 44.4. The highest BCUT2D eigenvalue weighted by Crippen LogP contribution is 2.36. The second kappa shape index (κ2) is 30.4. The van der Waals surface area contributed by atoms with Gasteiger partial charge in [0.05, 0.1) is 0 Å². The minimum atomic E-state index is 0.126. The molecule has 0 aliphatic carbocycles. The standard InChI is InChI=1S/C21H31N.C13H20.2C3H6.C2H6/c1-7-22-16-17(2)20(18(3)21(4,5)6)15-11-14-19-12-9-8-10-13-19;1-3-4-5-6-7-13-10-8-12(2)9-11-13;2*1-3-2;1-2/h7-10,12-13,16,20,22H,1,3,11,14-15H2,2,4-6H3;8-11H,3-7H2,1-2H3;2*3H,1H2,2H3;1-2H3/b17-16+;;;;. The third-order valence-electron chi connectivity index (χ3n) is 6.60. The van der Waals surface area contributed by atoms with Crippen molar-refractivity contribution in [2.24, 2.45) is 11.3 Å². The lowest BCUT2D eigenvalue weighted by Crippen LogP contribution is -2.19. The van der Waals surface area contributed by atoms with E-state index in [-0.39, 0.29) is 5.41 Å². The SMILES string of the molecule is C=CC.C=CC.C=CN/C=C(\C)C(CCCc1ccccc1)C(=C)C(C)(C)C.CC.CCCCCCc1ccc(C)cc1. The van der Waals surface area contributed by atoms with Gasteiger partial charge in [0, 0.05) is 5.92 Å². The lowest BCUT2D eigenvalue weighted by Gasteiger charge is -2.30. The number of rotatable bonds is 13. The molecule has 1 atom stereocenters. The molecule has 0 spiro atoms. The fourth-order valence-corrected chi connectivity index (χ4v) is 4.16. The van der Waals surface area contributed by atoms with Crippen molar-refractivity contribution in [3.63, 3.8) is 0 Å². The Kier molecular flexibility index (Phi) is 31.4. The van der Waals surface area contributed by atoms with Crippen LogP contribution in [-0.4, -0.2) is 0 Å². The summed E-state index contributed by atoms with van der Waals surface area (Å²) in [5, 5.41) is 3.10. The van der Waals surface area contributed by atoms with Crippen molar-refractivity contribution < 1.29 is 0 Å². The molecule has 0 aromatic heterocycles. The van der Waals surface area contributed by atoms with Crippen LogP contribution in [0.3, 0.4) is 0 Å². The van der Waals surface area contributed by atoms with E-state index in [0.717, 1.165) is 12.8 Å². The average Bonchev–Trinajstić information content (AvgIpc) is 2.99. The number of hydrogen-bond donors (Lipinski definition) is 1. The number of unbranched alkanes of at least 4 members (excludes halogenated alkanes) is 3. The zero-order valence-electron chi connectivity index (χ0n) is 30.1. The molecule has 0 aliphatic rings. The highest BCUT2D eigenvalue weighted by molar-refractivity contribution is 5.23. The molecule has 0 radical (unpaired) electrons. The van der Waals surface area contributed by atoms with Crippen molar-refractivity contribution in [2.45, 2.75) is 121 Å². The van der Waals surface area contributed by atoms with Gasteiger partial charge in [-0.25, -0.2) is 0 Å². The van der Waals surface area contributed by atoms with Crippen LogP contribution in [0, 0.1) is 18.3 Å². The summed E-state index contributed by atoms with van der Waals surface area (Å²) in [5.74, 6) is 0.413. The van der Waals surface area contributed by atoms with E-state index >= 15 is 0 Å². The zero-order valence-corrected chi connectivity index (χ0v) is 30.1. The van der Waals surface area contributed by atoms with Gasteiger partial charge < -0.3 is 5.32 Å². The molecular formula is C42H69N. The lowest BCUT2D eigenvalue weighted by atomic mass is 9.75. The van der Waals surface area contributed by atoms with Gasteiger partial charge in [-0.3, -0.25) is 0 Å². The van der Waals surface area contributed by atoms with Crippen molar-refractivity contribution in [3.05, 3.63) is 133 Å². The molecule has 0 aliphatic heterocycles. The minimum Gasteiger partial charge on any atom is -0.368 e. The van der Waals surface area contributed by atoms with Crippen molar-refractivity contribution >= 4 is 0 Å². The normalized spacial score (nSPS) is 10.8. The maximum absolute atomic E-state index is 4.39. The van der Waals surface area contributed by atoms with Crippen LogP contribution in [0.2, 0.25) is 0 Å². The molecule has 2 aromatic carbocycles. The van der Waals surface area contributed by atoms with Crippen LogP contribution in [0.5, 0.6) is 0 Å². The number of nitrogens with one attached hydrogen (secondary N) is 1. The molecule has 0 fully saturated rings. The fourth-order valence-electron chi connectivity index (χ4n) is 4.16. The van der Waals surface area contributed by atoms with Gasteiger partial charge in [-0.2, -0.15) is 0 Å². The highest BCUT2D eigenvalue weighted by atomic mass is 14.8. The summed E-state index contributed by atoms with van der Waals surface area (Å²) < 4.78 is 0. The van der Waals surface area contributed by atoms with Gasteiger partial charge >= 0.3 is 0 Å². The smallest absolute Gasteiger partial charge is 0.00242 e. The van der Waals surface area contributed by atoms with Crippen LogP contribution in [0.15, 0.2) is 117 Å². The number of hydrogen-bond acceptors (Lipinski definition) is 1. The van der Waals surface area contributed by atoms with Crippen LogP contribution < -0.4 is 5.32 Å². The Morgan fingerprint density at radius 1 is 0.791 bits per heavy atom. The van der Waals surface area contributed by atoms with Gasteiger partial charge in [-0.1, -0.05) is 157 Å². The average molecular weight is 588 g/mol. The monoisotopic (exact) mass is 588 g/mol. The van der Waals surface area contributed by atoms with Gasteiger partial charge in [-0.15, -0.1) is 13.2 Å². The van der Waals surface area contributed by atoms with Crippen LogP contribution >= 0.6 is 0 Å². The van der Waals surface area contributed by atoms with Crippen molar-refractivity contribution in [3.8, 4) is 0 Å². The summed E-state index contributed by atoms with van der Waals surface area (Å²) in [6, 6.07) is 19.6. The van der Waals surface area contributed by atoms with E-state index in [1.165, 1.54) is 66.4 Å². The van der Waals surface area contributed by atoms with Crippen LogP contribution in [0.25, 0.3) is 0 Å².